The van der Waals surface area contributed by atoms with Crippen LogP contribution in [0, 0.1) is 13.8 Å². The average molecular weight is 471 g/mol. The van der Waals surface area contributed by atoms with Gasteiger partial charge in [-0.1, -0.05) is 48.0 Å². The Morgan fingerprint density at radius 1 is 1.03 bits per heavy atom. The number of ketones is 1. The van der Waals surface area contributed by atoms with Crippen LogP contribution in [0.1, 0.15) is 30.0 Å². The van der Waals surface area contributed by atoms with Crippen LogP contribution in [0.25, 0.3) is 22.0 Å². The number of carbonyl (C=O) groups excluding carboxylic acids is 1. The number of aliphatic hydroxyl groups excluding tert-OH is 1. The Balaban J connectivity index is 1.54. The monoisotopic (exact) mass is 470 g/mol. The maximum atomic E-state index is 13.1. The highest BCUT2D eigenvalue weighted by molar-refractivity contribution is 5.94. The molecule has 6 heteroatoms. The highest BCUT2D eigenvalue weighted by atomic mass is 16.5. The van der Waals surface area contributed by atoms with Crippen LogP contribution in [-0.4, -0.2) is 33.4 Å². The summed E-state index contributed by atoms with van der Waals surface area (Å²) in [6.07, 6.45) is 0.277. The van der Waals surface area contributed by atoms with Gasteiger partial charge in [-0.2, -0.15) is 5.10 Å². The van der Waals surface area contributed by atoms with Gasteiger partial charge in [-0.25, -0.2) is 4.68 Å². The molecule has 1 heterocycles. The second kappa shape index (κ2) is 10.7. The van der Waals surface area contributed by atoms with Crippen molar-refractivity contribution in [1.82, 2.24) is 9.78 Å². The number of aliphatic hydroxyl groups is 1. The second-order valence-corrected chi connectivity index (χ2v) is 9.01. The van der Waals surface area contributed by atoms with Crippen LogP contribution in [0.2, 0.25) is 0 Å². The van der Waals surface area contributed by atoms with Crippen LogP contribution in [0.5, 0.6) is 5.75 Å². The molecule has 0 bridgehead atoms. The van der Waals surface area contributed by atoms with Crippen LogP contribution in [0.15, 0.2) is 71.5 Å². The molecule has 0 spiro atoms. The summed E-state index contributed by atoms with van der Waals surface area (Å²) in [6, 6.07) is 21.1. The lowest BCUT2D eigenvalue weighted by Gasteiger charge is -2.16. The van der Waals surface area contributed by atoms with Crippen molar-refractivity contribution < 1.29 is 14.6 Å². The van der Waals surface area contributed by atoms with Gasteiger partial charge in [-0.3, -0.25) is 4.79 Å². The number of aromatic nitrogens is 2. The van der Waals surface area contributed by atoms with Crippen LogP contribution >= 0.6 is 0 Å². The summed E-state index contributed by atoms with van der Waals surface area (Å²) in [7, 11) is 0. The van der Waals surface area contributed by atoms with E-state index >= 15 is 0 Å². The van der Waals surface area contributed by atoms with Crippen molar-refractivity contribution >= 4 is 16.6 Å². The molecule has 180 valence electrons. The number of aryl methyl sites for hydroxylation is 3. The van der Waals surface area contributed by atoms with Crippen LogP contribution in [-0.2, 0) is 17.8 Å². The number of rotatable bonds is 9. The van der Waals surface area contributed by atoms with Gasteiger partial charge in [-0.15, -0.1) is 0 Å². The number of ether oxygens (including phenoxy) is 1. The lowest BCUT2D eigenvalue weighted by atomic mass is 9.99. The smallest absolute Gasteiger partial charge is 0.274 e. The van der Waals surface area contributed by atoms with E-state index < -0.39 is 6.10 Å². The molecule has 0 aliphatic rings. The molecule has 1 atom stereocenters. The Labute approximate surface area is 204 Å². The first-order valence-electron chi connectivity index (χ1n) is 11.8. The number of carbonyl (C=O) groups is 1. The van der Waals surface area contributed by atoms with Gasteiger partial charge in [0.05, 0.1) is 17.6 Å². The van der Waals surface area contributed by atoms with Gasteiger partial charge in [-0.05, 0) is 62.6 Å². The van der Waals surface area contributed by atoms with Gasteiger partial charge in [0.2, 0.25) is 0 Å². The zero-order chi connectivity index (χ0) is 24.9. The molecule has 0 aliphatic heterocycles. The molecule has 1 unspecified atom stereocenters. The lowest BCUT2D eigenvalue weighted by Crippen LogP contribution is -2.32. The summed E-state index contributed by atoms with van der Waals surface area (Å²) in [4.78, 5) is 24.3. The fraction of sp³-hybridized carbons (Fsp3) is 0.276. The van der Waals surface area contributed by atoms with Gasteiger partial charge >= 0.3 is 0 Å². The fourth-order valence-electron chi connectivity index (χ4n) is 4.07. The molecular weight excluding hydrogens is 440 g/mol. The van der Waals surface area contributed by atoms with E-state index in [1.807, 2.05) is 68.4 Å². The normalized spacial score (nSPS) is 12.0. The molecule has 6 nitrogen and oxygen atoms in total. The molecule has 3 aromatic carbocycles. The van der Waals surface area contributed by atoms with Gasteiger partial charge in [0.25, 0.3) is 5.56 Å². The largest absolute Gasteiger partial charge is 0.491 e. The fourth-order valence-corrected chi connectivity index (χ4v) is 4.07. The zero-order valence-corrected chi connectivity index (χ0v) is 20.3. The van der Waals surface area contributed by atoms with Gasteiger partial charge in [0.1, 0.15) is 24.2 Å². The SMILES string of the molecule is CC(=O)CCc1ccc(OCC(O)Cn2nc(-c3cc(C)ccc3C)c3ccccc3c2=O)cc1. The summed E-state index contributed by atoms with van der Waals surface area (Å²) in [6.45, 7) is 5.66. The number of Topliss-reactive ketones (excluding diaryl/α,β-unsaturated/α-hetero) is 1. The third-order valence-electron chi connectivity index (χ3n) is 6.03. The van der Waals surface area contributed by atoms with Crippen molar-refractivity contribution in [2.45, 2.75) is 46.3 Å². The van der Waals surface area contributed by atoms with Crippen molar-refractivity contribution in [3.05, 3.63) is 93.8 Å². The Morgan fingerprint density at radius 3 is 2.46 bits per heavy atom. The third-order valence-corrected chi connectivity index (χ3v) is 6.03. The predicted octanol–water partition coefficient (Wildman–Crippen LogP) is 4.64. The molecule has 1 aromatic heterocycles. The predicted molar refractivity (Wildman–Crippen MR) is 138 cm³/mol. The number of benzene rings is 3. The van der Waals surface area contributed by atoms with Crippen LogP contribution in [0.4, 0.5) is 0 Å². The number of nitrogens with zero attached hydrogens (tertiary/aromatic N) is 2. The minimum atomic E-state index is -0.926. The molecule has 1 N–H and O–H groups in total. The van der Waals surface area contributed by atoms with Gasteiger partial charge in [0, 0.05) is 17.4 Å². The Kier molecular flexibility index (Phi) is 7.42. The van der Waals surface area contributed by atoms with E-state index in [1.165, 1.54) is 4.68 Å². The molecule has 35 heavy (non-hydrogen) atoms. The Hall–Kier alpha value is -3.77. The molecule has 0 fully saturated rings. The number of fused-ring (bicyclic) bond motifs is 1. The van der Waals surface area contributed by atoms with Crippen molar-refractivity contribution in [3.8, 4) is 17.0 Å². The topological polar surface area (TPSA) is 81.4 Å². The Bertz CT molecular complexity index is 1410. The Morgan fingerprint density at radius 2 is 1.74 bits per heavy atom. The third kappa shape index (κ3) is 5.84. The summed E-state index contributed by atoms with van der Waals surface area (Å²) < 4.78 is 7.07. The van der Waals surface area contributed by atoms with E-state index in [9.17, 15) is 14.7 Å². The van der Waals surface area contributed by atoms with E-state index in [2.05, 4.69) is 11.2 Å². The first-order valence-corrected chi connectivity index (χ1v) is 11.8. The molecule has 0 saturated heterocycles. The maximum absolute atomic E-state index is 13.1. The van der Waals surface area contributed by atoms with Gasteiger partial charge in [0.15, 0.2) is 0 Å². The summed E-state index contributed by atoms with van der Waals surface area (Å²) in [5, 5.41) is 16.7. The van der Waals surface area contributed by atoms with Gasteiger partial charge < -0.3 is 14.6 Å². The second-order valence-electron chi connectivity index (χ2n) is 9.01. The van der Waals surface area contributed by atoms with E-state index in [0.717, 1.165) is 33.3 Å². The van der Waals surface area contributed by atoms with E-state index in [1.54, 1.807) is 13.0 Å². The van der Waals surface area contributed by atoms with E-state index in [4.69, 9.17) is 4.74 Å². The maximum Gasteiger partial charge on any atom is 0.274 e. The van der Waals surface area contributed by atoms with E-state index in [0.29, 0.717) is 24.0 Å². The van der Waals surface area contributed by atoms with E-state index in [-0.39, 0.29) is 24.5 Å². The molecule has 4 aromatic rings. The van der Waals surface area contributed by atoms with Crippen LogP contribution in [0.3, 0.4) is 0 Å². The quantitative estimate of drug-likeness (QED) is 0.385. The molecule has 0 amide bonds. The number of hydrogen-bond acceptors (Lipinski definition) is 5. The highest BCUT2D eigenvalue weighted by Gasteiger charge is 2.16. The standard InChI is InChI=1S/C29H30N2O4/c1-19-8-9-20(2)27(16-19)28-25-6-4-5-7-26(25)29(34)31(30-28)17-23(33)18-35-24-14-12-22(13-15-24)11-10-21(3)32/h4-9,12-16,23,33H,10-11,17-18H2,1-3H3. The minimum Gasteiger partial charge on any atom is -0.491 e. The minimum absolute atomic E-state index is 0.0121. The average Bonchev–Trinajstić information content (AvgIpc) is 2.85. The first-order chi connectivity index (χ1) is 16.8. The summed E-state index contributed by atoms with van der Waals surface area (Å²) >= 11 is 0. The first kappa shape index (κ1) is 24.4. The van der Waals surface area contributed by atoms with Crippen molar-refractivity contribution in [3.63, 3.8) is 0 Å². The van der Waals surface area contributed by atoms with Crippen LogP contribution < -0.4 is 10.3 Å². The highest BCUT2D eigenvalue weighted by Crippen LogP contribution is 2.28. The van der Waals surface area contributed by atoms with Crippen molar-refractivity contribution in [2.24, 2.45) is 0 Å². The van der Waals surface area contributed by atoms with Crippen molar-refractivity contribution in [1.29, 1.82) is 0 Å². The molecular formula is C29H30N2O4. The summed E-state index contributed by atoms with van der Waals surface area (Å²) in [5.41, 5.74) is 4.66. The van der Waals surface area contributed by atoms with Crippen molar-refractivity contribution in [2.75, 3.05) is 6.61 Å². The molecule has 4 rings (SSSR count). The molecule has 0 saturated carbocycles. The lowest BCUT2D eigenvalue weighted by molar-refractivity contribution is -0.116. The summed E-state index contributed by atoms with van der Waals surface area (Å²) in [5.74, 6) is 0.775. The molecule has 0 aliphatic carbocycles. The molecule has 0 radical (unpaired) electrons. The number of hydrogen-bond donors (Lipinski definition) is 1. The zero-order valence-electron chi connectivity index (χ0n) is 20.3.